The van der Waals surface area contributed by atoms with Crippen molar-refractivity contribution in [1.29, 1.82) is 5.26 Å². The van der Waals surface area contributed by atoms with Crippen molar-refractivity contribution < 1.29 is 0 Å². The van der Waals surface area contributed by atoms with Crippen molar-refractivity contribution >= 4 is 26.8 Å². The number of aromatic amines is 1. The maximum absolute atomic E-state index is 9.18. The summed E-state index contributed by atoms with van der Waals surface area (Å²) in [5, 5.41) is 10.3. The molecule has 0 unspecified atom stereocenters. The summed E-state index contributed by atoms with van der Waals surface area (Å²) in [7, 11) is 0. The number of aryl methyl sites for hydroxylation is 1. The molecule has 0 aliphatic carbocycles. The van der Waals surface area contributed by atoms with Gasteiger partial charge in [-0.15, -0.1) is 0 Å². The van der Waals surface area contributed by atoms with Crippen LogP contribution in [-0.4, -0.2) is 11.5 Å². The van der Waals surface area contributed by atoms with Gasteiger partial charge in [-0.1, -0.05) is 28.1 Å². The lowest BCUT2D eigenvalue weighted by molar-refractivity contribution is 0.748. The predicted molar refractivity (Wildman–Crippen MR) is 98.1 cm³/mol. The van der Waals surface area contributed by atoms with Crippen molar-refractivity contribution in [1.82, 2.24) is 4.98 Å². The molecule has 4 heteroatoms. The minimum atomic E-state index is 0.692. The van der Waals surface area contributed by atoms with E-state index < -0.39 is 0 Å². The molecular weight excluding hydrogens is 350 g/mol. The van der Waals surface area contributed by atoms with Gasteiger partial charge in [-0.05, 0) is 67.3 Å². The molecule has 0 radical (unpaired) electrons. The molecule has 0 aliphatic heterocycles. The van der Waals surface area contributed by atoms with E-state index in [-0.39, 0.29) is 0 Å². The van der Waals surface area contributed by atoms with Gasteiger partial charge in [-0.25, -0.2) is 0 Å². The zero-order valence-electron chi connectivity index (χ0n) is 12.8. The Hall–Kier alpha value is -2.09. The van der Waals surface area contributed by atoms with Gasteiger partial charge in [-0.2, -0.15) is 5.26 Å². The van der Waals surface area contributed by atoms with Gasteiger partial charge in [0.15, 0.2) is 0 Å². The van der Waals surface area contributed by atoms with Crippen molar-refractivity contribution in [3.05, 3.63) is 58.1 Å². The molecule has 3 rings (SSSR count). The quantitative estimate of drug-likeness (QED) is 0.638. The highest BCUT2D eigenvalue weighted by atomic mass is 79.9. The maximum Gasteiger partial charge on any atom is 0.0991 e. The molecule has 0 bridgehead atoms. The molecule has 23 heavy (non-hydrogen) atoms. The van der Waals surface area contributed by atoms with Crippen LogP contribution in [0, 0.1) is 11.3 Å². The Morgan fingerprint density at radius 3 is 2.74 bits per heavy atom. The summed E-state index contributed by atoms with van der Waals surface area (Å²) in [4.78, 5) is 3.52. The van der Waals surface area contributed by atoms with Gasteiger partial charge in [0, 0.05) is 21.1 Å². The number of nitrogens with zero attached hydrogens (tertiary/aromatic N) is 1. The van der Waals surface area contributed by atoms with Crippen molar-refractivity contribution in [3.63, 3.8) is 0 Å². The summed E-state index contributed by atoms with van der Waals surface area (Å²) in [6, 6.07) is 16.3. The molecule has 2 aromatic carbocycles. The van der Waals surface area contributed by atoms with E-state index in [0.29, 0.717) is 12.1 Å². The first kappa shape index (κ1) is 15.8. The number of fused-ring (bicyclic) bond motifs is 1. The minimum Gasteiger partial charge on any atom is -0.354 e. The first-order valence-electron chi connectivity index (χ1n) is 7.73. The maximum atomic E-state index is 9.18. The van der Waals surface area contributed by atoms with E-state index >= 15 is 0 Å². The summed E-state index contributed by atoms with van der Waals surface area (Å²) in [5.74, 6) is 0. The van der Waals surface area contributed by atoms with Crippen LogP contribution in [0.25, 0.3) is 22.2 Å². The number of hydrogen-bond donors (Lipinski definition) is 2. The fourth-order valence-corrected chi connectivity index (χ4v) is 3.31. The standard InChI is InChI=1S/C19H18BrN3/c20-15-5-3-4-14(11-15)19-16(6-1-2-9-21)17-10-13(12-22)7-8-18(17)23-19/h3-5,7-8,10-11,23H,1-2,6,9,21H2. The van der Waals surface area contributed by atoms with E-state index in [4.69, 9.17) is 5.73 Å². The van der Waals surface area contributed by atoms with Crippen LogP contribution in [0.5, 0.6) is 0 Å². The van der Waals surface area contributed by atoms with Crippen molar-refractivity contribution in [3.8, 4) is 17.3 Å². The van der Waals surface area contributed by atoms with Crippen LogP contribution in [0.1, 0.15) is 24.0 Å². The largest absolute Gasteiger partial charge is 0.354 e. The Bertz CT molecular complexity index is 874. The van der Waals surface area contributed by atoms with Gasteiger partial charge in [0.05, 0.1) is 11.6 Å². The molecule has 3 nitrogen and oxygen atoms in total. The van der Waals surface area contributed by atoms with E-state index in [1.807, 2.05) is 30.3 Å². The van der Waals surface area contributed by atoms with Crippen LogP contribution < -0.4 is 5.73 Å². The second-order valence-electron chi connectivity index (χ2n) is 5.61. The Kier molecular flexibility index (Phi) is 4.80. The van der Waals surface area contributed by atoms with E-state index in [1.165, 1.54) is 5.56 Å². The van der Waals surface area contributed by atoms with E-state index in [0.717, 1.165) is 45.9 Å². The van der Waals surface area contributed by atoms with Gasteiger partial charge in [0.25, 0.3) is 0 Å². The smallest absolute Gasteiger partial charge is 0.0991 e. The SMILES string of the molecule is N#Cc1ccc2[nH]c(-c3cccc(Br)c3)c(CCCCN)c2c1. The third-order valence-electron chi connectivity index (χ3n) is 4.03. The Labute approximate surface area is 144 Å². The monoisotopic (exact) mass is 367 g/mol. The number of rotatable bonds is 5. The van der Waals surface area contributed by atoms with Crippen molar-refractivity contribution in [2.45, 2.75) is 19.3 Å². The summed E-state index contributed by atoms with van der Waals surface area (Å²) in [6.07, 6.45) is 3.00. The number of nitrogens with two attached hydrogens (primary N) is 1. The van der Waals surface area contributed by atoms with Crippen molar-refractivity contribution in [2.24, 2.45) is 5.73 Å². The number of halogens is 1. The minimum absolute atomic E-state index is 0.692. The van der Waals surface area contributed by atoms with Crippen LogP contribution in [0.15, 0.2) is 46.9 Å². The summed E-state index contributed by atoms with van der Waals surface area (Å²) >= 11 is 3.54. The van der Waals surface area contributed by atoms with E-state index in [2.05, 4.69) is 39.1 Å². The summed E-state index contributed by atoms with van der Waals surface area (Å²) in [6.45, 7) is 0.706. The van der Waals surface area contributed by atoms with Crippen molar-refractivity contribution in [2.75, 3.05) is 6.54 Å². The molecular formula is C19H18BrN3. The zero-order chi connectivity index (χ0) is 16.2. The summed E-state index contributed by atoms with van der Waals surface area (Å²) in [5.41, 5.74) is 11.0. The van der Waals surface area contributed by atoms with E-state index in [9.17, 15) is 5.26 Å². The third kappa shape index (κ3) is 3.31. The topological polar surface area (TPSA) is 65.6 Å². The van der Waals surface area contributed by atoms with Gasteiger partial charge in [0.2, 0.25) is 0 Å². The Morgan fingerprint density at radius 1 is 1.13 bits per heavy atom. The number of unbranched alkanes of at least 4 members (excludes halogenated alkanes) is 1. The average Bonchev–Trinajstić information content (AvgIpc) is 2.93. The summed E-state index contributed by atoms with van der Waals surface area (Å²) < 4.78 is 1.05. The van der Waals surface area contributed by atoms with E-state index in [1.54, 1.807) is 0 Å². The van der Waals surface area contributed by atoms with Crippen LogP contribution in [0.2, 0.25) is 0 Å². The lowest BCUT2D eigenvalue weighted by Gasteiger charge is -2.06. The molecule has 0 atom stereocenters. The molecule has 116 valence electrons. The molecule has 3 aromatic rings. The van der Waals surface area contributed by atoms with Gasteiger partial charge in [0.1, 0.15) is 0 Å². The predicted octanol–water partition coefficient (Wildman–Crippen LogP) is 4.75. The fourth-order valence-electron chi connectivity index (χ4n) is 2.91. The second-order valence-corrected chi connectivity index (χ2v) is 6.52. The Balaban J connectivity index is 2.15. The number of hydrogen-bond acceptors (Lipinski definition) is 2. The number of benzene rings is 2. The highest BCUT2D eigenvalue weighted by molar-refractivity contribution is 9.10. The Morgan fingerprint density at radius 2 is 2.00 bits per heavy atom. The molecule has 0 fully saturated rings. The third-order valence-corrected chi connectivity index (χ3v) is 4.52. The molecule has 0 spiro atoms. The average molecular weight is 368 g/mol. The first-order chi connectivity index (χ1) is 11.2. The fraction of sp³-hybridized carbons (Fsp3) is 0.211. The number of aromatic nitrogens is 1. The highest BCUT2D eigenvalue weighted by Crippen LogP contribution is 2.33. The second kappa shape index (κ2) is 6.99. The van der Waals surface area contributed by atoms with Gasteiger partial charge in [-0.3, -0.25) is 0 Å². The number of nitrogens with one attached hydrogen (secondary N) is 1. The first-order valence-corrected chi connectivity index (χ1v) is 8.53. The van der Waals surface area contributed by atoms with Crippen LogP contribution >= 0.6 is 15.9 Å². The van der Waals surface area contributed by atoms with Crippen LogP contribution in [0.3, 0.4) is 0 Å². The molecule has 0 saturated heterocycles. The molecule has 0 aliphatic rings. The lowest BCUT2D eigenvalue weighted by atomic mass is 9.99. The molecule has 0 amide bonds. The number of nitriles is 1. The zero-order valence-corrected chi connectivity index (χ0v) is 14.4. The molecule has 3 N–H and O–H groups in total. The van der Waals surface area contributed by atoms with Gasteiger partial charge >= 0.3 is 0 Å². The lowest BCUT2D eigenvalue weighted by Crippen LogP contribution is -1.99. The molecule has 1 heterocycles. The molecule has 0 saturated carbocycles. The van der Waals surface area contributed by atoms with Gasteiger partial charge < -0.3 is 10.7 Å². The van der Waals surface area contributed by atoms with Crippen LogP contribution in [0.4, 0.5) is 0 Å². The number of H-pyrrole nitrogens is 1. The highest BCUT2D eigenvalue weighted by Gasteiger charge is 2.13. The van der Waals surface area contributed by atoms with Crippen LogP contribution in [-0.2, 0) is 6.42 Å². The molecule has 1 aromatic heterocycles. The normalized spacial score (nSPS) is 10.8.